The zero-order valence-corrected chi connectivity index (χ0v) is 13.0. The molecule has 0 spiro atoms. The van der Waals surface area contributed by atoms with Crippen LogP contribution >= 0.6 is 11.8 Å². The van der Waals surface area contributed by atoms with Crippen molar-refractivity contribution < 1.29 is 0 Å². The number of hydrogen-bond donors (Lipinski definition) is 2. The van der Waals surface area contributed by atoms with E-state index in [1.54, 1.807) is 11.8 Å². The first-order valence-electron chi connectivity index (χ1n) is 7.24. The van der Waals surface area contributed by atoms with Crippen molar-refractivity contribution in [1.82, 2.24) is 5.43 Å². The van der Waals surface area contributed by atoms with Gasteiger partial charge in [-0.3, -0.25) is 11.3 Å². The Kier molecular flexibility index (Phi) is 5.31. The summed E-state index contributed by atoms with van der Waals surface area (Å²) in [5.41, 5.74) is 4.39. The maximum absolute atomic E-state index is 5.84. The van der Waals surface area contributed by atoms with Gasteiger partial charge in [-0.2, -0.15) is 0 Å². The standard InChI is InChI=1S/C16H26N2S/c1-11-8-12(2)10-14(9-11)16(18-17)13-4-6-15(19-3)7-5-13/h4-7,11-12,14,16,18H,8-10,17H2,1-3H3. The molecule has 1 aromatic carbocycles. The van der Waals surface area contributed by atoms with E-state index in [0.29, 0.717) is 12.0 Å². The maximum atomic E-state index is 5.84. The second kappa shape index (κ2) is 6.78. The van der Waals surface area contributed by atoms with Crippen LogP contribution in [0.4, 0.5) is 0 Å². The van der Waals surface area contributed by atoms with Crippen LogP contribution in [0.5, 0.6) is 0 Å². The van der Waals surface area contributed by atoms with Gasteiger partial charge in [0.15, 0.2) is 0 Å². The van der Waals surface area contributed by atoms with E-state index in [9.17, 15) is 0 Å². The van der Waals surface area contributed by atoms with Gasteiger partial charge in [0.25, 0.3) is 0 Å². The van der Waals surface area contributed by atoms with Gasteiger partial charge in [0.1, 0.15) is 0 Å². The van der Waals surface area contributed by atoms with Crippen LogP contribution < -0.4 is 11.3 Å². The van der Waals surface area contributed by atoms with E-state index in [1.807, 2.05) is 0 Å². The number of benzene rings is 1. The van der Waals surface area contributed by atoms with Gasteiger partial charge in [0, 0.05) is 10.9 Å². The van der Waals surface area contributed by atoms with Crippen molar-refractivity contribution in [3.63, 3.8) is 0 Å². The van der Waals surface area contributed by atoms with E-state index >= 15 is 0 Å². The summed E-state index contributed by atoms with van der Waals surface area (Å²) in [5.74, 6) is 8.13. The molecule has 0 aliphatic heterocycles. The second-order valence-corrected chi connectivity index (χ2v) is 6.97. The van der Waals surface area contributed by atoms with Crippen molar-refractivity contribution in [3.05, 3.63) is 29.8 Å². The Morgan fingerprint density at radius 3 is 2.16 bits per heavy atom. The Labute approximate surface area is 121 Å². The van der Waals surface area contributed by atoms with Crippen LogP contribution in [0.25, 0.3) is 0 Å². The van der Waals surface area contributed by atoms with Crippen LogP contribution in [0, 0.1) is 17.8 Å². The molecule has 0 radical (unpaired) electrons. The van der Waals surface area contributed by atoms with Crippen molar-refractivity contribution in [2.75, 3.05) is 6.26 Å². The fourth-order valence-corrected chi connectivity index (χ4v) is 4.01. The van der Waals surface area contributed by atoms with Crippen LogP contribution in [0.1, 0.15) is 44.7 Å². The molecule has 1 aliphatic carbocycles. The maximum Gasteiger partial charge on any atom is 0.0488 e. The van der Waals surface area contributed by atoms with E-state index in [0.717, 1.165) is 11.8 Å². The SMILES string of the molecule is CSc1ccc(C(NN)C2CC(C)CC(C)C2)cc1. The van der Waals surface area contributed by atoms with Gasteiger partial charge in [-0.05, 0) is 61.0 Å². The highest BCUT2D eigenvalue weighted by Crippen LogP contribution is 2.39. The van der Waals surface area contributed by atoms with Crippen molar-refractivity contribution in [3.8, 4) is 0 Å². The Hall–Kier alpha value is -0.510. The molecule has 1 saturated carbocycles. The lowest BCUT2D eigenvalue weighted by atomic mass is 9.72. The minimum atomic E-state index is 0.293. The van der Waals surface area contributed by atoms with E-state index in [2.05, 4.69) is 49.8 Å². The number of hydrazine groups is 1. The highest BCUT2D eigenvalue weighted by atomic mass is 32.2. The first-order valence-corrected chi connectivity index (χ1v) is 8.46. The first-order chi connectivity index (χ1) is 9.13. The summed E-state index contributed by atoms with van der Waals surface area (Å²) in [6.45, 7) is 4.74. The van der Waals surface area contributed by atoms with Gasteiger partial charge in [-0.1, -0.05) is 26.0 Å². The Morgan fingerprint density at radius 1 is 1.11 bits per heavy atom. The number of rotatable bonds is 4. The number of hydrogen-bond acceptors (Lipinski definition) is 3. The van der Waals surface area contributed by atoms with Crippen LogP contribution in [0.15, 0.2) is 29.2 Å². The quantitative estimate of drug-likeness (QED) is 0.497. The number of nitrogens with two attached hydrogens (primary N) is 1. The monoisotopic (exact) mass is 278 g/mol. The molecule has 3 N–H and O–H groups in total. The second-order valence-electron chi connectivity index (χ2n) is 6.10. The molecule has 1 fully saturated rings. The van der Waals surface area contributed by atoms with Gasteiger partial charge >= 0.3 is 0 Å². The summed E-state index contributed by atoms with van der Waals surface area (Å²) in [7, 11) is 0. The average Bonchev–Trinajstić information content (AvgIpc) is 2.39. The summed E-state index contributed by atoms with van der Waals surface area (Å²) >= 11 is 1.78. The lowest BCUT2D eigenvalue weighted by molar-refractivity contribution is 0.177. The molecule has 2 rings (SSSR count). The van der Waals surface area contributed by atoms with Crippen LogP contribution in [-0.2, 0) is 0 Å². The van der Waals surface area contributed by atoms with Gasteiger partial charge in [0.2, 0.25) is 0 Å². The Balaban J connectivity index is 2.13. The summed E-state index contributed by atoms with van der Waals surface area (Å²) in [6.07, 6.45) is 6.03. The highest BCUT2D eigenvalue weighted by Gasteiger charge is 2.30. The minimum Gasteiger partial charge on any atom is -0.271 e. The third-order valence-corrected chi connectivity index (χ3v) is 5.08. The Bertz CT molecular complexity index is 380. The molecule has 1 aromatic rings. The molecule has 19 heavy (non-hydrogen) atoms. The molecule has 3 heteroatoms. The molecule has 0 amide bonds. The molecule has 3 unspecified atom stereocenters. The van der Waals surface area contributed by atoms with Crippen LogP contribution in [-0.4, -0.2) is 6.26 Å². The molecule has 1 aliphatic rings. The smallest absolute Gasteiger partial charge is 0.0488 e. The zero-order chi connectivity index (χ0) is 13.8. The Morgan fingerprint density at radius 2 is 1.68 bits per heavy atom. The van der Waals surface area contributed by atoms with Crippen molar-refractivity contribution in [2.24, 2.45) is 23.6 Å². The number of nitrogens with one attached hydrogen (secondary N) is 1. The predicted octanol–water partition coefficient (Wildman–Crippen LogP) is 3.99. The summed E-state index contributed by atoms with van der Waals surface area (Å²) in [6, 6.07) is 9.13. The fourth-order valence-electron chi connectivity index (χ4n) is 3.60. The minimum absolute atomic E-state index is 0.293. The van der Waals surface area contributed by atoms with Crippen molar-refractivity contribution in [1.29, 1.82) is 0 Å². The van der Waals surface area contributed by atoms with E-state index in [4.69, 9.17) is 5.84 Å². The van der Waals surface area contributed by atoms with Gasteiger partial charge in [-0.25, -0.2) is 0 Å². The van der Waals surface area contributed by atoms with E-state index < -0.39 is 0 Å². The third kappa shape index (κ3) is 3.74. The van der Waals surface area contributed by atoms with Crippen molar-refractivity contribution in [2.45, 2.75) is 44.0 Å². The summed E-state index contributed by atoms with van der Waals surface area (Å²) in [4.78, 5) is 1.31. The molecule has 0 bridgehead atoms. The molecule has 2 nitrogen and oxygen atoms in total. The van der Waals surface area contributed by atoms with Gasteiger partial charge in [-0.15, -0.1) is 11.8 Å². The topological polar surface area (TPSA) is 38.0 Å². The lowest BCUT2D eigenvalue weighted by Gasteiger charge is -2.36. The van der Waals surface area contributed by atoms with Crippen molar-refractivity contribution >= 4 is 11.8 Å². The third-order valence-electron chi connectivity index (χ3n) is 4.34. The molecule has 0 heterocycles. The lowest BCUT2D eigenvalue weighted by Crippen LogP contribution is -2.37. The molecule has 106 valence electrons. The summed E-state index contributed by atoms with van der Waals surface area (Å²) < 4.78 is 0. The van der Waals surface area contributed by atoms with Crippen LogP contribution in [0.2, 0.25) is 0 Å². The largest absolute Gasteiger partial charge is 0.271 e. The predicted molar refractivity (Wildman–Crippen MR) is 84.0 cm³/mol. The van der Waals surface area contributed by atoms with E-state index in [-0.39, 0.29) is 0 Å². The molecule has 0 saturated heterocycles. The molecular weight excluding hydrogens is 252 g/mol. The van der Waals surface area contributed by atoms with Gasteiger partial charge < -0.3 is 0 Å². The average molecular weight is 278 g/mol. The summed E-state index contributed by atoms with van der Waals surface area (Å²) in [5, 5.41) is 0. The molecule has 0 aromatic heterocycles. The molecular formula is C16H26N2S. The zero-order valence-electron chi connectivity index (χ0n) is 12.2. The van der Waals surface area contributed by atoms with E-state index in [1.165, 1.54) is 29.7 Å². The normalized spacial score (nSPS) is 29.2. The fraction of sp³-hybridized carbons (Fsp3) is 0.625. The first kappa shape index (κ1) is 14.9. The molecule has 3 atom stereocenters. The highest BCUT2D eigenvalue weighted by molar-refractivity contribution is 7.98. The van der Waals surface area contributed by atoms with Gasteiger partial charge in [0.05, 0.1) is 0 Å². The van der Waals surface area contributed by atoms with Crippen LogP contribution in [0.3, 0.4) is 0 Å². The number of thioether (sulfide) groups is 1.